The van der Waals surface area contributed by atoms with Crippen LogP contribution in [0.3, 0.4) is 0 Å². The van der Waals surface area contributed by atoms with E-state index in [0.717, 1.165) is 34.0 Å². The van der Waals surface area contributed by atoms with Crippen LogP contribution < -0.4 is 15.4 Å². The molecule has 6 nitrogen and oxygen atoms in total. The number of amides is 1. The molecule has 0 bridgehead atoms. The maximum absolute atomic E-state index is 15.3. The van der Waals surface area contributed by atoms with Crippen LogP contribution in [0.1, 0.15) is 18.4 Å². The van der Waals surface area contributed by atoms with Crippen LogP contribution in [0.5, 0.6) is 5.75 Å². The summed E-state index contributed by atoms with van der Waals surface area (Å²) in [4.78, 5) is 11.4. The molecule has 0 aliphatic carbocycles. The third kappa shape index (κ3) is 4.49. The lowest BCUT2D eigenvalue weighted by Gasteiger charge is -2.16. The maximum Gasteiger partial charge on any atom is 0.220 e. The first-order valence-electron chi connectivity index (χ1n) is 11.5. The fourth-order valence-corrected chi connectivity index (χ4v) is 5.03. The monoisotopic (exact) mass is 492 g/mol. The average molecular weight is 493 g/mol. The van der Waals surface area contributed by atoms with Gasteiger partial charge in [-0.15, -0.1) is 0 Å². The SMILES string of the molecule is COc1cc(-c2cccc(-c3cccc4c3cnn4C)c2Cl)cc(F)c1CNC[C@@H]1CCC(=O)N1. The van der Waals surface area contributed by atoms with E-state index in [0.29, 0.717) is 41.4 Å². The summed E-state index contributed by atoms with van der Waals surface area (Å²) in [5.74, 6) is 0.126. The van der Waals surface area contributed by atoms with E-state index in [1.165, 1.54) is 13.2 Å². The van der Waals surface area contributed by atoms with E-state index in [9.17, 15) is 4.79 Å². The van der Waals surface area contributed by atoms with Crippen LogP contribution in [0.4, 0.5) is 4.39 Å². The minimum absolute atomic E-state index is 0.0591. The molecule has 2 heterocycles. The largest absolute Gasteiger partial charge is 0.496 e. The highest BCUT2D eigenvalue weighted by molar-refractivity contribution is 6.36. The molecular weight excluding hydrogens is 467 g/mol. The molecule has 8 heteroatoms. The summed E-state index contributed by atoms with van der Waals surface area (Å²) in [5.41, 5.74) is 4.62. The summed E-state index contributed by atoms with van der Waals surface area (Å²) in [6, 6.07) is 15.1. The van der Waals surface area contributed by atoms with E-state index < -0.39 is 0 Å². The topological polar surface area (TPSA) is 68.2 Å². The lowest BCUT2D eigenvalue weighted by atomic mass is 9.96. The molecule has 5 rings (SSSR count). The zero-order chi connectivity index (χ0) is 24.5. The Morgan fingerprint density at radius 3 is 2.74 bits per heavy atom. The lowest BCUT2D eigenvalue weighted by molar-refractivity contribution is -0.119. The number of halogens is 2. The molecule has 1 saturated heterocycles. The van der Waals surface area contributed by atoms with Crippen molar-refractivity contribution in [1.82, 2.24) is 20.4 Å². The highest BCUT2D eigenvalue weighted by atomic mass is 35.5. The van der Waals surface area contributed by atoms with Gasteiger partial charge in [0.1, 0.15) is 11.6 Å². The fourth-order valence-electron chi connectivity index (χ4n) is 4.70. The van der Waals surface area contributed by atoms with E-state index in [1.807, 2.05) is 60.4 Å². The van der Waals surface area contributed by atoms with Gasteiger partial charge >= 0.3 is 0 Å². The number of hydrogen-bond acceptors (Lipinski definition) is 4. The molecule has 3 aromatic carbocycles. The van der Waals surface area contributed by atoms with Crippen molar-refractivity contribution in [1.29, 1.82) is 0 Å². The van der Waals surface area contributed by atoms with Gasteiger partial charge in [0.05, 0.1) is 23.8 Å². The summed E-state index contributed by atoms with van der Waals surface area (Å²) in [7, 11) is 3.43. The molecule has 1 aromatic heterocycles. The van der Waals surface area contributed by atoms with Crippen LogP contribution in [0, 0.1) is 5.82 Å². The van der Waals surface area contributed by atoms with Gasteiger partial charge in [0.25, 0.3) is 0 Å². The number of rotatable bonds is 7. The Balaban J connectivity index is 1.46. The van der Waals surface area contributed by atoms with Crippen LogP contribution in [-0.2, 0) is 18.4 Å². The van der Waals surface area contributed by atoms with Crippen molar-refractivity contribution < 1.29 is 13.9 Å². The van der Waals surface area contributed by atoms with Crippen LogP contribution >= 0.6 is 11.6 Å². The van der Waals surface area contributed by atoms with Crippen molar-refractivity contribution >= 4 is 28.4 Å². The first-order valence-corrected chi connectivity index (χ1v) is 11.9. The van der Waals surface area contributed by atoms with Crippen LogP contribution in [0.25, 0.3) is 33.2 Å². The van der Waals surface area contributed by atoms with Crippen molar-refractivity contribution in [3.05, 3.63) is 71.1 Å². The van der Waals surface area contributed by atoms with Gasteiger partial charge in [-0.3, -0.25) is 9.48 Å². The molecule has 1 fully saturated rings. The first kappa shape index (κ1) is 23.3. The smallest absolute Gasteiger partial charge is 0.220 e. The Morgan fingerprint density at radius 2 is 1.97 bits per heavy atom. The highest BCUT2D eigenvalue weighted by Gasteiger charge is 2.21. The average Bonchev–Trinajstić information content (AvgIpc) is 3.45. The van der Waals surface area contributed by atoms with Gasteiger partial charge < -0.3 is 15.4 Å². The molecule has 180 valence electrons. The summed E-state index contributed by atoms with van der Waals surface area (Å²) >= 11 is 6.90. The minimum Gasteiger partial charge on any atom is -0.496 e. The zero-order valence-corrected chi connectivity index (χ0v) is 20.3. The number of aryl methyl sites for hydroxylation is 1. The molecule has 1 aliphatic heterocycles. The van der Waals surface area contributed by atoms with Crippen LogP contribution in [0.2, 0.25) is 5.02 Å². The third-order valence-electron chi connectivity index (χ3n) is 6.54. The molecule has 0 unspecified atom stereocenters. The number of nitrogens with one attached hydrogen (secondary N) is 2. The Kier molecular flexibility index (Phi) is 6.45. The normalized spacial score (nSPS) is 15.5. The number of fused-ring (bicyclic) bond motifs is 1. The van der Waals surface area contributed by atoms with Crippen molar-refractivity contribution in [3.8, 4) is 28.0 Å². The number of aromatic nitrogens is 2. The summed E-state index contributed by atoms with van der Waals surface area (Å²) in [5, 5.41) is 12.0. The van der Waals surface area contributed by atoms with Gasteiger partial charge in [0, 0.05) is 54.7 Å². The number of methoxy groups -OCH3 is 1. The van der Waals surface area contributed by atoms with Crippen molar-refractivity contribution in [2.45, 2.75) is 25.4 Å². The molecule has 4 aromatic rings. The number of nitrogens with zero attached hydrogens (tertiary/aromatic N) is 2. The quantitative estimate of drug-likeness (QED) is 0.377. The molecule has 0 radical (unpaired) electrons. The molecule has 2 N–H and O–H groups in total. The first-order chi connectivity index (χ1) is 17.0. The molecule has 0 saturated carbocycles. The molecule has 1 aliphatic rings. The van der Waals surface area contributed by atoms with Gasteiger partial charge in [0.15, 0.2) is 0 Å². The van der Waals surface area contributed by atoms with Gasteiger partial charge in [-0.1, -0.05) is 41.9 Å². The standard InChI is InChI=1S/C27H26ClFN4O2/c1-33-24-8-4-6-19(21(24)15-31-33)20-7-3-5-18(27(20)28)16-11-23(29)22(25(12-16)35-2)14-30-13-17-9-10-26(34)32-17/h3-8,11-12,15,17,30H,9-10,13-14H2,1-2H3,(H,32,34)/t17-/m0/s1. The van der Waals surface area contributed by atoms with Gasteiger partial charge in [-0.2, -0.15) is 5.10 Å². The molecule has 35 heavy (non-hydrogen) atoms. The highest BCUT2D eigenvalue weighted by Crippen LogP contribution is 2.40. The Bertz CT molecular complexity index is 1420. The van der Waals surface area contributed by atoms with Crippen molar-refractivity contribution in [2.24, 2.45) is 7.05 Å². The molecule has 1 amide bonds. The van der Waals surface area contributed by atoms with E-state index >= 15 is 4.39 Å². The van der Waals surface area contributed by atoms with Gasteiger partial charge in [0.2, 0.25) is 5.91 Å². The predicted molar refractivity (Wildman–Crippen MR) is 136 cm³/mol. The van der Waals surface area contributed by atoms with E-state index in [1.54, 1.807) is 0 Å². The molecule has 1 atom stereocenters. The number of carbonyl (C=O) groups excluding carboxylic acids is 1. The van der Waals surface area contributed by atoms with Crippen LogP contribution in [-0.4, -0.2) is 35.4 Å². The Hall–Kier alpha value is -3.42. The summed E-state index contributed by atoms with van der Waals surface area (Å²) in [6.07, 6.45) is 3.15. The molecule has 0 spiro atoms. The predicted octanol–water partition coefficient (Wildman–Crippen LogP) is 5.08. The second-order valence-corrected chi connectivity index (χ2v) is 9.12. The van der Waals surface area contributed by atoms with E-state index in [4.69, 9.17) is 16.3 Å². The second kappa shape index (κ2) is 9.68. The number of hydrogen-bond donors (Lipinski definition) is 2. The number of ether oxygens (including phenoxy) is 1. The van der Waals surface area contributed by atoms with Crippen LogP contribution in [0.15, 0.2) is 54.7 Å². The van der Waals surface area contributed by atoms with Crippen molar-refractivity contribution in [3.63, 3.8) is 0 Å². The van der Waals surface area contributed by atoms with Gasteiger partial charge in [-0.05, 0) is 35.7 Å². The Morgan fingerprint density at radius 1 is 1.20 bits per heavy atom. The van der Waals surface area contributed by atoms with Crippen molar-refractivity contribution in [2.75, 3.05) is 13.7 Å². The third-order valence-corrected chi connectivity index (χ3v) is 6.95. The summed E-state index contributed by atoms with van der Waals surface area (Å²) < 4.78 is 22.6. The Labute approximate surface area is 208 Å². The lowest BCUT2D eigenvalue weighted by Crippen LogP contribution is -2.35. The zero-order valence-electron chi connectivity index (χ0n) is 19.6. The molecular formula is C27H26ClFN4O2. The summed E-state index contributed by atoms with van der Waals surface area (Å²) in [6.45, 7) is 0.863. The minimum atomic E-state index is -0.377. The van der Waals surface area contributed by atoms with E-state index in [-0.39, 0.29) is 17.8 Å². The number of benzene rings is 3. The van der Waals surface area contributed by atoms with Gasteiger partial charge in [-0.25, -0.2) is 4.39 Å². The maximum atomic E-state index is 15.3. The van der Waals surface area contributed by atoms with E-state index in [2.05, 4.69) is 15.7 Å². The number of carbonyl (C=O) groups is 1. The second-order valence-electron chi connectivity index (χ2n) is 8.75. The fraction of sp³-hybridized carbons (Fsp3) is 0.259.